The first kappa shape index (κ1) is 8.60. The van der Waals surface area contributed by atoms with Gasteiger partial charge in [0.15, 0.2) is 0 Å². The van der Waals surface area contributed by atoms with Crippen molar-refractivity contribution in [2.24, 2.45) is 0 Å². The van der Waals surface area contributed by atoms with Crippen LogP contribution in [-0.2, 0) is 0 Å². The third-order valence-electron chi connectivity index (χ3n) is 1.55. The minimum atomic E-state index is 0.424. The molecule has 2 aromatic rings. The molecule has 1 aromatic carbocycles. The van der Waals surface area contributed by atoms with E-state index in [1.54, 1.807) is 18.2 Å². The molecule has 4 heteroatoms. The van der Waals surface area contributed by atoms with Crippen molar-refractivity contribution in [2.75, 3.05) is 0 Å². The second kappa shape index (κ2) is 3.40. The summed E-state index contributed by atoms with van der Waals surface area (Å²) in [6.45, 7) is 0. The van der Waals surface area contributed by atoms with Gasteiger partial charge in [0, 0.05) is 5.02 Å². The van der Waals surface area contributed by atoms with Gasteiger partial charge in [0.1, 0.15) is 12.5 Å². The number of aromatic nitrogens is 1. The highest BCUT2D eigenvalue weighted by molar-refractivity contribution is 6.35. The van der Waals surface area contributed by atoms with Crippen LogP contribution in [0.15, 0.2) is 28.9 Å². The van der Waals surface area contributed by atoms with Gasteiger partial charge in [0.05, 0.1) is 10.6 Å². The average molecular weight is 213 g/mol. The number of hydrogen-bond donors (Lipinski definition) is 0. The van der Waals surface area contributed by atoms with Crippen molar-refractivity contribution >= 4 is 23.2 Å². The Balaban J connectivity index is 2.57. The van der Waals surface area contributed by atoms with E-state index in [0.29, 0.717) is 21.5 Å². The van der Waals surface area contributed by atoms with Crippen LogP contribution in [0.1, 0.15) is 0 Å². The number of halogens is 2. The summed E-state index contributed by atoms with van der Waals surface area (Å²) in [5.74, 6) is 0.424. The van der Waals surface area contributed by atoms with E-state index < -0.39 is 0 Å². The largest absolute Gasteiger partial charge is 0.444 e. The van der Waals surface area contributed by atoms with E-state index in [0.717, 1.165) is 0 Å². The quantitative estimate of drug-likeness (QED) is 0.724. The summed E-state index contributed by atoms with van der Waals surface area (Å²) in [6.07, 6.45) is 3.92. The van der Waals surface area contributed by atoms with Gasteiger partial charge in [-0.25, -0.2) is 4.98 Å². The Kier molecular flexibility index (Phi) is 2.25. The Hall–Kier alpha value is -0.990. The summed E-state index contributed by atoms with van der Waals surface area (Å²) in [4.78, 5) is 3.85. The predicted octanol–water partition coefficient (Wildman–Crippen LogP) is 3.45. The molecule has 0 bridgehead atoms. The first-order chi connectivity index (χ1) is 6.27. The molecule has 0 saturated carbocycles. The Morgan fingerprint density at radius 1 is 1.31 bits per heavy atom. The highest BCUT2D eigenvalue weighted by Crippen LogP contribution is 2.28. The molecule has 1 radical (unpaired) electrons. The smallest absolute Gasteiger partial charge is 0.228 e. The van der Waals surface area contributed by atoms with Gasteiger partial charge in [-0.3, -0.25) is 0 Å². The number of hydrogen-bond acceptors (Lipinski definition) is 2. The first-order valence-corrected chi connectivity index (χ1v) is 4.30. The highest BCUT2D eigenvalue weighted by atomic mass is 35.5. The van der Waals surface area contributed by atoms with E-state index in [2.05, 4.69) is 11.2 Å². The molecule has 0 unspecified atom stereocenters. The van der Waals surface area contributed by atoms with Crippen molar-refractivity contribution in [3.05, 3.63) is 40.7 Å². The fraction of sp³-hybridized carbons (Fsp3) is 0. The van der Waals surface area contributed by atoms with Gasteiger partial charge in [-0.15, -0.1) is 0 Å². The maximum atomic E-state index is 5.92. The standard InChI is InChI=1S/C9H4Cl2NO/c10-6-1-2-8(11)7(5-6)9-12-3-4-13-9/h1-2,4-5H. The lowest BCUT2D eigenvalue weighted by atomic mass is 10.2. The molecular weight excluding hydrogens is 209 g/mol. The first-order valence-electron chi connectivity index (χ1n) is 3.54. The van der Waals surface area contributed by atoms with E-state index in [1.807, 2.05) is 0 Å². The van der Waals surface area contributed by atoms with E-state index in [1.165, 1.54) is 6.26 Å². The molecule has 2 nitrogen and oxygen atoms in total. The number of benzene rings is 1. The molecule has 1 aromatic heterocycles. The Morgan fingerprint density at radius 3 is 2.85 bits per heavy atom. The monoisotopic (exact) mass is 212 g/mol. The van der Waals surface area contributed by atoms with Crippen LogP contribution in [0.2, 0.25) is 10.0 Å². The van der Waals surface area contributed by atoms with Crippen molar-refractivity contribution in [3.63, 3.8) is 0 Å². The van der Waals surface area contributed by atoms with Gasteiger partial charge in [0.25, 0.3) is 0 Å². The Bertz CT molecular complexity index is 412. The highest BCUT2D eigenvalue weighted by Gasteiger charge is 2.07. The van der Waals surface area contributed by atoms with Crippen LogP contribution < -0.4 is 0 Å². The van der Waals surface area contributed by atoms with Crippen LogP contribution in [0.4, 0.5) is 0 Å². The van der Waals surface area contributed by atoms with Crippen LogP contribution in [0.5, 0.6) is 0 Å². The normalized spacial score (nSPS) is 10.3. The van der Waals surface area contributed by atoms with E-state index >= 15 is 0 Å². The molecule has 2 rings (SSSR count). The zero-order valence-corrected chi connectivity index (χ0v) is 7.93. The van der Waals surface area contributed by atoms with Crippen molar-refractivity contribution in [1.29, 1.82) is 0 Å². The zero-order chi connectivity index (χ0) is 9.26. The molecule has 0 N–H and O–H groups in total. The van der Waals surface area contributed by atoms with Gasteiger partial charge in [-0.2, -0.15) is 0 Å². The third kappa shape index (κ3) is 1.69. The summed E-state index contributed by atoms with van der Waals surface area (Å²) in [5.41, 5.74) is 0.676. The SMILES string of the molecule is Clc1ccc(Cl)c(-c2n[c]co2)c1. The molecule has 0 fully saturated rings. The van der Waals surface area contributed by atoms with E-state index in [9.17, 15) is 0 Å². The number of nitrogens with zero attached hydrogens (tertiary/aromatic N) is 1. The van der Waals surface area contributed by atoms with Crippen molar-refractivity contribution in [3.8, 4) is 11.5 Å². The average Bonchev–Trinajstić information content (AvgIpc) is 2.61. The van der Waals surface area contributed by atoms with Gasteiger partial charge >= 0.3 is 0 Å². The second-order valence-electron chi connectivity index (χ2n) is 2.41. The molecule has 65 valence electrons. The summed E-state index contributed by atoms with van der Waals surface area (Å²) >= 11 is 11.7. The lowest BCUT2D eigenvalue weighted by molar-refractivity contribution is 0.574. The maximum Gasteiger partial charge on any atom is 0.228 e. The molecule has 0 atom stereocenters. The van der Waals surface area contributed by atoms with Crippen molar-refractivity contribution in [2.45, 2.75) is 0 Å². The summed E-state index contributed by atoms with van der Waals surface area (Å²) < 4.78 is 5.05. The van der Waals surface area contributed by atoms with Gasteiger partial charge < -0.3 is 4.42 Å². The van der Waals surface area contributed by atoms with Crippen LogP contribution in [0, 0.1) is 6.20 Å². The molecular formula is C9H4Cl2NO. The number of oxazole rings is 1. The fourth-order valence-electron chi connectivity index (χ4n) is 0.979. The lowest BCUT2D eigenvalue weighted by Gasteiger charge is -1.98. The number of rotatable bonds is 1. The molecule has 0 amide bonds. The van der Waals surface area contributed by atoms with Crippen LogP contribution >= 0.6 is 23.2 Å². The molecule has 1 heterocycles. The van der Waals surface area contributed by atoms with Crippen LogP contribution in [0.25, 0.3) is 11.5 Å². The zero-order valence-electron chi connectivity index (χ0n) is 6.42. The third-order valence-corrected chi connectivity index (χ3v) is 2.11. The van der Waals surface area contributed by atoms with Crippen molar-refractivity contribution in [1.82, 2.24) is 4.98 Å². The van der Waals surface area contributed by atoms with E-state index in [4.69, 9.17) is 27.6 Å². The minimum Gasteiger partial charge on any atom is -0.444 e. The van der Waals surface area contributed by atoms with Crippen LogP contribution in [0.3, 0.4) is 0 Å². The molecule has 0 spiro atoms. The lowest BCUT2D eigenvalue weighted by Crippen LogP contribution is -1.78. The second-order valence-corrected chi connectivity index (χ2v) is 3.25. The topological polar surface area (TPSA) is 26.0 Å². The Morgan fingerprint density at radius 2 is 2.15 bits per heavy atom. The van der Waals surface area contributed by atoms with Crippen molar-refractivity contribution < 1.29 is 4.42 Å². The fourth-order valence-corrected chi connectivity index (χ4v) is 1.35. The van der Waals surface area contributed by atoms with Gasteiger partial charge in [-0.1, -0.05) is 23.2 Å². The Labute approximate surface area is 85.1 Å². The molecule has 0 aliphatic rings. The summed E-state index contributed by atoms with van der Waals surface area (Å²) in [5, 5.41) is 1.15. The van der Waals surface area contributed by atoms with Gasteiger partial charge in [-0.05, 0) is 18.2 Å². The predicted molar refractivity (Wildman–Crippen MR) is 50.8 cm³/mol. The van der Waals surface area contributed by atoms with Crippen LogP contribution in [-0.4, -0.2) is 4.98 Å². The maximum absolute atomic E-state index is 5.92. The summed E-state index contributed by atoms with van der Waals surface area (Å²) in [7, 11) is 0. The molecule has 0 saturated heterocycles. The molecule has 0 aliphatic carbocycles. The molecule has 13 heavy (non-hydrogen) atoms. The minimum absolute atomic E-state index is 0.424. The summed E-state index contributed by atoms with van der Waals surface area (Å²) in [6, 6.07) is 5.10. The van der Waals surface area contributed by atoms with E-state index in [-0.39, 0.29) is 0 Å². The van der Waals surface area contributed by atoms with Gasteiger partial charge in [0.2, 0.25) is 5.89 Å². The molecule has 0 aliphatic heterocycles.